The number of hydrazine groups is 1. The predicted octanol–water partition coefficient (Wildman–Crippen LogP) is -0.239. The van der Waals surface area contributed by atoms with Crippen LogP contribution in [0.4, 0.5) is 0 Å². The minimum absolute atomic E-state index is 0.376. The Bertz CT molecular complexity index is 443. The number of hydrogen-bond acceptors (Lipinski definition) is 6. The van der Waals surface area contributed by atoms with Crippen LogP contribution in [0.2, 0.25) is 0 Å². The summed E-state index contributed by atoms with van der Waals surface area (Å²) in [4.78, 5) is 8.26. The lowest BCUT2D eigenvalue weighted by Crippen LogP contribution is -2.30. The van der Waals surface area contributed by atoms with E-state index in [1.165, 1.54) is 6.33 Å². The number of nitrogens with two attached hydrogens (primary N) is 1. The smallest absolute Gasteiger partial charge is 0.149 e. The molecule has 2 heterocycles. The van der Waals surface area contributed by atoms with E-state index in [0.29, 0.717) is 17.3 Å². The molecule has 0 amide bonds. The minimum atomic E-state index is -0.376. The Labute approximate surface area is 92.0 Å². The number of ether oxygens (including phenoxy) is 1. The second-order valence-corrected chi connectivity index (χ2v) is 3.06. The first kappa shape index (κ1) is 10.5. The Balaban J connectivity index is 2.41. The van der Waals surface area contributed by atoms with Gasteiger partial charge in [0.1, 0.15) is 29.6 Å². The van der Waals surface area contributed by atoms with E-state index in [2.05, 4.69) is 25.6 Å². The van der Waals surface area contributed by atoms with Crippen LogP contribution < -0.4 is 16.0 Å². The third-order valence-corrected chi connectivity index (χ3v) is 2.17. The summed E-state index contributed by atoms with van der Waals surface area (Å²) in [5.41, 5.74) is 3.28. The normalized spacial score (nSPS) is 12.4. The van der Waals surface area contributed by atoms with E-state index in [-0.39, 0.29) is 6.04 Å². The molecule has 0 aliphatic carbocycles. The van der Waals surface area contributed by atoms with E-state index in [1.807, 2.05) is 6.07 Å². The fourth-order valence-corrected chi connectivity index (χ4v) is 1.43. The predicted molar refractivity (Wildman–Crippen MR) is 56.3 cm³/mol. The van der Waals surface area contributed by atoms with Gasteiger partial charge in [-0.3, -0.25) is 15.9 Å². The Kier molecular flexibility index (Phi) is 3.08. The van der Waals surface area contributed by atoms with Crippen molar-refractivity contribution < 1.29 is 4.74 Å². The lowest BCUT2D eigenvalue weighted by molar-refractivity contribution is 0.399. The molecule has 0 aliphatic rings. The van der Waals surface area contributed by atoms with Gasteiger partial charge in [0, 0.05) is 6.20 Å². The average Bonchev–Trinajstić information content (AvgIpc) is 2.84. The summed E-state index contributed by atoms with van der Waals surface area (Å²) in [6.07, 6.45) is 3.08. The maximum atomic E-state index is 5.49. The van der Waals surface area contributed by atoms with E-state index in [4.69, 9.17) is 10.6 Å². The number of hydrogen-bond donors (Lipinski definition) is 3. The van der Waals surface area contributed by atoms with E-state index in [1.54, 1.807) is 19.4 Å². The number of nitrogens with zero attached hydrogens (tertiary/aromatic N) is 3. The van der Waals surface area contributed by atoms with Gasteiger partial charge in [0.15, 0.2) is 0 Å². The standard InChI is InChI=1S/C9H12N6O/c1-16-6-3-2-4-11-7(6)8(14-10)9-12-5-13-15-9/h2-5,8,14H,10H2,1H3,(H,12,13,15). The van der Waals surface area contributed by atoms with Crippen molar-refractivity contribution in [3.8, 4) is 5.75 Å². The molecule has 0 bridgehead atoms. The van der Waals surface area contributed by atoms with Gasteiger partial charge in [-0.2, -0.15) is 5.10 Å². The summed E-state index contributed by atoms with van der Waals surface area (Å²) in [5.74, 6) is 6.71. The fraction of sp³-hybridized carbons (Fsp3) is 0.222. The number of nitrogens with one attached hydrogen (secondary N) is 2. The lowest BCUT2D eigenvalue weighted by Gasteiger charge is -2.15. The molecule has 0 saturated carbocycles. The highest BCUT2D eigenvalue weighted by molar-refractivity contribution is 5.32. The Morgan fingerprint density at radius 3 is 3.00 bits per heavy atom. The molecule has 0 radical (unpaired) electrons. The van der Waals surface area contributed by atoms with E-state index in [0.717, 1.165) is 0 Å². The van der Waals surface area contributed by atoms with Crippen LogP contribution in [0.1, 0.15) is 17.6 Å². The topological polar surface area (TPSA) is 102 Å². The zero-order chi connectivity index (χ0) is 11.4. The number of aromatic nitrogens is 4. The van der Waals surface area contributed by atoms with Gasteiger partial charge in [0.2, 0.25) is 0 Å². The van der Waals surface area contributed by atoms with E-state index >= 15 is 0 Å². The molecule has 0 aromatic carbocycles. The van der Waals surface area contributed by atoms with Gasteiger partial charge in [-0.05, 0) is 12.1 Å². The molecule has 2 aromatic heterocycles. The van der Waals surface area contributed by atoms with Gasteiger partial charge in [-0.25, -0.2) is 10.4 Å². The van der Waals surface area contributed by atoms with Crippen molar-refractivity contribution >= 4 is 0 Å². The summed E-state index contributed by atoms with van der Waals surface area (Å²) >= 11 is 0. The lowest BCUT2D eigenvalue weighted by atomic mass is 10.1. The molecule has 1 atom stereocenters. The number of H-pyrrole nitrogens is 1. The van der Waals surface area contributed by atoms with Crippen molar-refractivity contribution in [1.82, 2.24) is 25.6 Å². The van der Waals surface area contributed by atoms with E-state index in [9.17, 15) is 0 Å². The molecule has 0 fully saturated rings. The Hall–Kier alpha value is -1.99. The van der Waals surface area contributed by atoms with Crippen molar-refractivity contribution in [2.24, 2.45) is 5.84 Å². The molecule has 4 N–H and O–H groups in total. The van der Waals surface area contributed by atoms with Crippen LogP contribution in [0.5, 0.6) is 5.75 Å². The number of pyridine rings is 1. The van der Waals surface area contributed by atoms with Gasteiger partial charge >= 0.3 is 0 Å². The summed E-state index contributed by atoms with van der Waals surface area (Å²) in [6, 6.07) is 3.22. The maximum absolute atomic E-state index is 5.49. The Morgan fingerprint density at radius 2 is 2.38 bits per heavy atom. The van der Waals surface area contributed by atoms with Crippen LogP contribution in [-0.2, 0) is 0 Å². The van der Waals surface area contributed by atoms with Gasteiger partial charge in [0.25, 0.3) is 0 Å². The zero-order valence-electron chi connectivity index (χ0n) is 8.71. The molecule has 1 unspecified atom stereocenters. The molecule has 84 valence electrons. The zero-order valence-corrected chi connectivity index (χ0v) is 8.71. The third kappa shape index (κ3) is 1.86. The van der Waals surface area contributed by atoms with Crippen LogP contribution in [0.3, 0.4) is 0 Å². The number of methoxy groups -OCH3 is 1. The van der Waals surface area contributed by atoms with Crippen molar-refractivity contribution in [3.05, 3.63) is 36.2 Å². The molecule has 0 spiro atoms. The van der Waals surface area contributed by atoms with Gasteiger partial charge in [-0.15, -0.1) is 0 Å². The molecule has 7 heteroatoms. The average molecular weight is 220 g/mol. The first-order valence-electron chi connectivity index (χ1n) is 4.67. The molecular weight excluding hydrogens is 208 g/mol. The van der Waals surface area contributed by atoms with Crippen LogP contribution >= 0.6 is 0 Å². The highest BCUT2D eigenvalue weighted by Gasteiger charge is 2.20. The quantitative estimate of drug-likeness (QED) is 0.485. The van der Waals surface area contributed by atoms with Crippen LogP contribution in [0, 0.1) is 0 Å². The molecular formula is C9H12N6O. The number of rotatable bonds is 4. The van der Waals surface area contributed by atoms with E-state index < -0.39 is 0 Å². The molecule has 2 rings (SSSR count). The van der Waals surface area contributed by atoms with Crippen LogP contribution in [-0.4, -0.2) is 27.3 Å². The summed E-state index contributed by atoms with van der Waals surface area (Å²) < 4.78 is 5.21. The van der Waals surface area contributed by atoms with Crippen LogP contribution in [0.15, 0.2) is 24.7 Å². The molecule has 16 heavy (non-hydrogen) atoms. The van der Waals surface area contributed by atoms with Crippen molar-refractivity contribution in [1.29, 1.82) is 0 Å². The Morgan fingerprint density at radius 1 is 1.50 bits per heavy atom. The molecule has 2 aromatic rings. The summed E-state index contributed by atoms with van der Waals surface area (Å²) in [5, 5.41) is 6.51. The maximum Gasteiger partial charge on any atom is 0.149 e. The van der Waals surface area contributed by atoms with Crippen LogP contribution in [0.25, 0.3) is 0 Å². The second kappa shape index (κ2) is 4.69. The van der Waals surface area contributed by atoms with Crippen molar-refractivity contribution in [3.63, 3.8) is 0 Å². The van der Waals surface area contributed by atoms with Crippen molar-refractivity contribution in [2.75, 3.05) is 7.11 Å². The summed E-state index contributed by atoms with van der Waals surface area (Å²) in [7, 11) is 1.58. The number of aromatic amines is 1. The fourth-order valence-electron chi connectivity index (χ4n) is 1.43. The third-order valence-electron chi connectivity index (χ3n) is 2.17. The van der Waals surface area contributed by atoms with Crippen molar-refractivity contribution in [2.45, 2.75) is 6.04 Å². The second-order valence-electron chi connectivity index (χ2n) is 3.06. The molecule has 7 nitrogen and oxygen atoms in total. The molecule has 0 saturated heterocycles. The summed E-state index contributed by atoms with van der Waals surface area (Å²) in [6.45, 7) is 0. The largest absolute Gasteiger partial charge is 0.495 e. The van der Waals surface area contributed by atoms with Gasteiger partial charge in [0.05, 0.1) is 7.11 Å². The highest BCUT2D eigenvalue weighted by Crippen LogP contribution is 2.24. The highest BCUT2D eigenvalue weighted by atomic mass is 16.5. The monoisotopic (exact) mass is 220 g/mol. The van der Waals surface area contributed by atoms with Gasteiger partial charge < -0.3 is 4.74 Å². The minimum Gasteiger partial charge on any atom is -0.495 e. The first-order valence-corrected chi connectivity index (χ1v) is 4.67. The SMILES string of the molecule is COc1cccnc1C(NN)c1ncn[nH]1. The first-order chi connectivity index (χ1) is 7.86. The van der Waals surface area contributed by atoms with Gasteiger partial charge in [-0.1, -0.05) is 0 Å². The molecule has 0 aliphatic heterocycles.